The molecule has 0 aliphatic carbocycles. The van der Waals surface area contributed by atoms with Crippen LogP contribution in [0.1, 0.15) is 5.56 Å². The molecule has 0 N–H and O–H groups in total. The molecule has 2 nitrogen and oxygen atoms in total. The zero-order valence-electron chi connectivity index (χ0n) is 6.71. The second-order valence-corrected chi connectivity index (χ2v) is 2.14. The van der Waals surface area contributed by atoms with E-state index in [4.69, 9.17) is 0 Å². The third kappa shape index (κ3) is 3.08. The Morgan fingerprint density at radius 2 is 2.00 bits per heavy atom. The monoisotopic (exact) mass is 160 g/mol. The van der Waals surface area contributed by atoms with E-state index in [9.17, 15) is 14.3 Å². The molecule has 0 radical (unpaired) electrons. The normalized spacial score (nSPS) is 8.75. The molecule has 0 saturated heterocycles. The van der Waals surface area contributed by atoms with E-state index in [1.165, 1.54) is 18.2 Å². The summed E-state index contributed by atoms with van der Waals surface area (Å²) < 4.78 is 12.7. The predicted molar refractivity (Wildman–Crippen MR) is 35.1 cm³/mol. The standard InChI is InChI=1S/C8H7FO2.Li/c9-7-4-2-1-3-6(7)5-8(10)11;/h1-4H,5H2,(H,10,11);/q;+1/p-1. The molecule has 1 aromatic rings. The van der Waals surface area contributed by atoms with Gasteiger partial charge in [-0.2, -0.15) is 0 Å². The van der Waals surface area contributed by atoms with Crippen LogP contribution >= 0.6 is 0 Å². The smallest absolute Gasteiger partial charge is 0.550 e. The first-order valence-electron chi connectivity index (χ1n) is 3.13. The Morgan fingerprint density at radius 3 is 2.50 bits per heavy atom. The summed E-state index contributed by atoms with van der Waals surface area (Å²) >= 11 is 0. The summed E-state index contributed by atoms with van der Waals surface area (Å²) in [5.41, 5.74) is 0.160. The van der Waals surface area contributed by atoms with Crippen molar-refractivity contribution in [3.05, 3.63) is 35.6 Å². The fourth-order valence-electron chi connectivity index (χ4n) is 0.797. The number of carboxylic acids is 1. The average Bonchev–Trinajstić information content (AvgIpc) is 1.93. The van der Waals surface area contributed by atoms with Crippen LogP contribution in [0.5, 0.6) is 0 Å². The molecule has 0 heterocycles. The molecule has 58 valence electrons. The van der Waals surface area contributed by atoms with Gasteiger partial charge in [-0.25, -0.2) is 4.39 Å². The van der Waals surface area contributed by atoms with Gasteiger partial charge in [0.25, 0.3) is 0 Å². The van der Waals surface area contributed by atoms with Gasteiger partial charge in [-0.1, -0.05) is 18.2 Å². The van der Waals surface area contributed by atoms with E-state index in [0.717, 1.165) is 0 Å². The number of carboxylic acid groups (broad SMARTS) is 1. The fourth-order valence-corrected chi connectivity index (χ4v) is 0.797. The molecule has 0 bridgehead atoms. The van der Waals surface area contributed by atoms with E-state index in [2.05, 4.69) is 0 Å². The van der Waals surface area contributed by atoms with E-state index in [-0.39, 0.29) is 30.8 Å². The Kier molecular flexibility index (Phi) is 4.64. The Labute approximate surface area is 81.6 Å². The molecule has 0 amide bonds. The second-order valence-electron chi connectivity index (χ2n) is 2.14. The van der Waals surface area contributed by atoms with Crippen molar-refractivity contribution in [1.29, 1.82) is 0 Å². The number of halogens is 1. The SMILES string of the molecule is O=C([O-])Cc1ccccc1F.[Li+]. The minimum atomic E-state index is -1.27. The number of carbonyl (C=O) groups is 1. The second kappa shape index (κ2) is 4.97. The molecular weight excluding hydrogens is 154 g/mol. The fraction of sp³-hybridized carbons (Fsp3) is 0.125. The third-order valence-corrected chi connectivity index (χ3v) is 1.29. The molecular formula is C8H6FLiO2. The Morgan fingerprint density at radius 1 is 1.42 bits per heavy atom. The first-order chi connectivity index (χ1) is 5.20. The molecule has 0 atom stereocenters. The molecule has 0 unspecified atom stereocenters. The number of hydrogen-bond acceptors (Lipinski definition) is 2. The minimum absolute atomic E-state index is 0. The third-order valence-electron chi connectivity index (χ3n) is 1.29. The maximum Gasteiger partial charge on any atom is 1.00 e. The molecule has 12 heavy (non-hydrogen) atoms. The van der Waals surface area contributed by atoms with Crippen LogP contribution in [0.2, 0.25) is 0 Å². The van der Waals surface area contributed by atoms with Crippen molar-refractivity contribution in [1.82, 2.24) is 0 Å². The topological polar surface area (TPSA) is 40.1 Å². The molecule has 1 aromatic carbocycles. The maximum absolute atomic E-state index is 12.7. The maximum atomic E-state index is 12.7. The summed E-state index contributed by atoms with van der Waals surface area (Å²) in [7, 11) is 0. The van der Waals surface area contributed by atoms with Crippen molar-refractivity contribution in [3.63, 3.8) is 0 Å². The first kappa shape index (κ1) is 11.2. The molecule has 0 fully saturated rings. The van der Waals surface area contributed by atoms with Crippen molar-refractivity contribution in [3.8, 4) is 0 Å². The van der Waals surface area contributed by atoms with Crippen LogP contribution < -0.4 is 24.0 Å². The molecule has 0 aliphatic rings. The minimum Gasteiger partial charge on any atom is -0.550 e. The van der Waals surface area contributed by atoms with Gasteiger partial charge in [0, 0.05) is 12.4 Å². The molecule has 1 rings (SSSR count). The van der Waals surface area contributed by atoms with Gasteiger partial charge >= 0.3 is 18.9 Å². The van der Waals surface area contributed by atoms with Gasteiger partial charge in [-0.15, -0.1) is 0 Å². The molecule has 4 heteroatoms. The van der Waals surface area contributed by atoms with Crippen LogP contribution in [0.3, 0.4) is 0 Å². The molecule has 0 aliphatic heterocycles. The van der Waals surface area contributed by atoms with Crippen molar-refractivity contribution >= 4 is 5.97 Å². The first-order valence-corrected chi connectivity index (χ1v) is 3.13. The number of carbonyl (C=O) groups excluding carboxylic acids is 1. The largest absolute Gasteiger partial charge is 1.00 e. The summed E-state index contributed by atoms with van der Waals surface area (Å²) in [6.07, 6.45) is -0.368. The molecule has 0 spiro atoms. The summed E-state index contributed by atoms with van der Waals surface area (Å²) in [5, 5.41) is 10.0. The molecule has 0 aromatic heterocycles. The van der Waals surface area contributed by atoms with Gasteiger partial charge in [0.05, 0.1) is 0 Å². The van der Waals surface area contributed by atoms with Crippen LogP contribution in [-0.2, 0) is 11.2 Å². The van der Waals surface area contributed by atoms with E-state index in [1.807, 2.05) is 0 Å². The van der Waals surface area contributed by atoms with E-state index < -0.39 is 11.8 Å². The van der Waals surface area contributed by atoms with E-state index >= 15 is 0 Å². The van der Waals surface area contributed by atoms with E-state index in [0.29, 0.717) is 0 Å². The number of hydrogen-bond donors (Lipinski definition) is 0. The van der Waals surface area contributed by atoms with Crippen LogP contribution in [0.4, 0.5) is 4.39 Å². The van der Waals surface area contributed by atoms with Gasteiger partial charge in [0.15, 0.2) is 0 Å². The summed E-state index contributed by atoms with van der Waals surface area (Å²) in [5.74, 6) is -1.77. The average molecular weight is 160 g/mol. The number of rotatable bonds is 2. The van der Waals surface area contributed by atoms with Crippen molar-refractivity contribution in [2.75, 3.05) is 0 Å². The number of benzene rings is 1. The van der Waals surface area contributed by atoms with Crippen molar-refractivity contribution < 1.29 is 33.2 Å². The van der Waals surface area contributed by atoms with E-state index in [1.54, 1.807) is 6.07 Å². The summed E-state index contributed by atoms with van der Waals surface area (Å²) in [4.78, 5) is 10.0. The van der Waals surface area contributed by atoms with Crippen molar-refractivity contribution in [2.45, 2.75) is 6.42 Å². The Bertz CT molecular complexity index is 276. The number of aliphatic carboxylic acids is 1. The van der Waals surface area contributed by atoms with Gasteiger partial charge < -0.3 is 9.90 Å². The van der Waals surface area contributed by atoms with Crippen LogP contribution in [0.25, 0.3) is 0 Å². The van der Waals surface area contributed by atoms with Gasteiger partial charge in [-0.3, -0.25) is 0 Å². The van der Waals surface area contributed by atoms with Crippen LogP contribution in [-0.4, -0.2) is 5.97 Å². The summed E-state index contributed by atoms with van der Waals surface area (Å²) in [6.45, 7) is 0. The van der Waals surface area contributed by atoms with Gasteiger partial charge in [0.2, 0.25) is 0 Å². The zero-order chi connectivity index (χ0) is 8.27. The van der Waals surface area contributed by atoms with Gasteiger partial charge in [0.1, 0.15) is 5.82 Å². The Balaban J connectivity index is 0.00000121. The Hall–Kier alpha value is -0.783. The van der Waals surface area contributed by atoms with Crippen LogP contribution in [0.15, 0.2) is 24.3 Å². The molecule has 0 saturated carbocycles. The van der Waals surface area contributed by atoms with Crippen molar-refractivity contribution in [2.24, 2.45) is 0 Å². The predicted octanol–water partition coefficient (Wildman–Crippen LogP) is -2.88. The quantitative estimate of drug-likeness (QED) is 0.436. The zero-order valence-corrected chi connectivity index (χ0v) is 6.71. The van der Waals surface area contributed by atoms with Gasteiger partial charge in [-0.05, 0) is 11.6 Å². The van der Waals surface area contributed by atoms with Crippen LogP contribution in [0, 0.1) is 5.82 Å². The summed E-state index contributed by atoms with van der Waals surface area (Å²) in [6, 6.07) is 5.73.